The molecule has 23 heavy (non-hydrogen) atoms. The average Bonchev–Trinajstić information content (AvgIpc) is 2.44. The normalized spacial score (nSPS) is 60.4. The number of aliphatic hydroxyl groups is 7. The van der Waals surface area contributed by atoms with E-state index in [0.717, 1.165) is 0 Å². The molecule has 12 nitrogen and oxygen atoms in total. The number of hydrogen-bond donors (Lipinski definition) is 9. The van der Waals surface area contributed by atoms with Crippen LogP contribution in [0, 0.1) is 5.92 Å². The van der Waals surface area contributed by atoms with Crippen molar-refractivity contribution in [2.24, 2.45) is 16.6 Å². The van der Waals surface area contributed by atoms with Gasteiger partial charge in [0.25, 0.3) is 0 Å². The summed E-state index contributed by atoms with van der Waals surface area (Å²) in [5.74, 6) is -4.31. The van der Waals surface area contributed by atoms with Gasteiger partial charge in [-0.25, -0.2) is 4.99 Å². The number of nitrogens with zero attached hydrogens (tertiary/aromatic N) is 1. The highest BCUT2D eigenvalue weighted by atomic mass is 16.9. The van der Waals surface area contributed by atoms with Crippen LogP contribution >= 0.6 is 0 Å². The number of aliphatic hydroxyl groups excluding tert-OH is 4. The van der Waals surface area contributed by atoms with Crippen LogP contribution in [-0.4, -0.2) is 95.8 Å². The predicted octanol–water partition coefficient (Wildman–Crippen LogP) is -6.20. The first-order chi connectivity index (χ1) is 10.6. The summed E-state index contributed by atoms with van der Waals surface area (Å²) in [6.07, 6.45) is -11.1. The molecule has 10 N–H and O–H groups in total. The number of nitrogens with two attached hydrogens (primary N) is 1. The number of nitrogens with one attached hydrogen (secondary N) is 1. The van der Waals surface area contributed by atoms with Gasteiger partial charge in [0.2, 0.25) is 0 Å². The Morgan fingerprint density at radius 2 is 1.74 bits per heavy atom. The van der Waals surface area contributed by atoms with E-state index < -0.39 is 60.0 Å². The molecular weight excluding hydrogens is 318 g/mol. The fourth-order valence-corrected chi connectivity index (χ4v) is 4.29. The summed E-state index contributed by atoms with van der Waals surface area (Å²) < 4.78 is 10.1. The van der Waals surface area contributed by atoms with Gasteiger partial charge < -0.3 is 56.3 Å². The Balaban J connectivity index is 1.95. The molecule has 4 heterocycles. The van der Waals surface area contributed by atoms with Crippen molar-refractivity contribution >= 4 is 5.96 Å². The first-order valence-corrected chi connectivity index (χ1v) is 6.91. The minimum Gasteiger partial charge on any atom is -0.388 e. The van der Waals surface area contributed by atoms with E-state index in [-0.39, 0.29) is 5.96 Å². The Labute approximate surface area is 128 Å². The van der Waals surface area contributed by atoms with Crippen molar-refractivity contribution in [1.82, 2.24) is 5.32 Å². The zero-order chi connectivity index (χ0) is 16.9. The first kappa shape index (κ1) is 15.4. The summed E-state index contributed by atoms with van der Waals surface area (Å²) >= 11 is 0. The molecule has 1 aliphatic carbocycles. The summed E-state index contributed by atoms with van der Waals surface area (Å²) in [7, 11) is 0. The lowest BCUT2D eigenvalue weighted by Gasteiger charge is -2.71. The Morgan fingerprint density at radius 3 is 2.35 bits per heavy atom. The fraction of sp³-hybridized carbons (Fsp3) is 0.909. The largest absolute Gasteiger partial charge is 0.388 e. The summed E-state index contributed by atoms with van der Waals surface area (Å²) in [5.41, 5.74) is 1.10. The van der Waals surface area contributed by atoms with Crippen molar-refractivity contribution in [3.63, 3.8) is 0 Å². The standard InChI is InChI=1S/C11H17N3O9/c12-8-13-5(16)1-3-10(20,7(18)19)4-2(15)9(1,14-8)6(17)11(21,22-3)23-4/h1-7,15-21H,(H3,12,13,14)/t1?,2?,3?,4?,5?,6-,9?,10?,11?/m0/s1. The van der Waals surface area contributed by atoms with Gasteiger partial charge >= 0.3 is 5.97 Å². The van der Waals surface area contributed by atoms with E-state index in [9.17, 15) is 35.7 Å². The van der Waals surface area contributed by atoms with Crippen molar-refractivity contribution < 1.29 is 45.2 Å². The van der Waals surface area contributed by atoms with Crippen LogP contribution in [0.15, 0.2) is 4.99 Å². The quantitative estimate of drug-likeness (QED) is 0.206. The van der Waals surface area contributed by atoms with Gasteiger partial charge in [0.1, 0.15) is 23.9 Å². The Kier molecular flexibility index (Phi) is 2.76. The van der Waals surface area contributed by atoms with Gasteiger partial charge in [-0.1, -0.05) is 0 Å². The molecule has 4 fully saturated rings. The number of ether oxygens (including phenoxy) is 2. The second-order valence-corrected chi connectivity index (χ2v) is 6.33. The molecule has 0 amide bonds. The van der Waals surface area contributed by atoms with E-state index in [2.05, 4.69) is 10.3 Å². The van der Waals surface area contributed by atoms with Crippen molar-refractivity contribution in [2.45, 2.75) is 54.0 Å². The second kappa shape index (κ2) is 4.11. The number of rotatable bonds is 1. The van der Waals surface area contributed by atoms with E-state index >= 15 is 0 Å². The molecule has 0 aromatic rings. The monoisotopic (exact) mass is 335 g/mol. The lowest BCUT2D eigenvalue weighted by Crippen LogP contribution is -2.96. The summed E-state index contributed by atoms with van der Waals surface area (Å²) in [5, 5.41) is 73.9. The zero-order valence-electron chi connectivity index (χ0n) is 11.5. The molecule has 4 bridgehead atoms. The summed E-state index contributed by atoms with van der Waals surface area (Å²) in [4.78, 5) is 3.64. The Bertz CT molecular complexity index is 589. The lowest BCUT2D eigenvalue weighted by atomic mass is 9.54. The second-order valence-electron chi connectivity index (χ2n) is 6.33. The minimum absolute atomic E-state index is 0.314. The number of aliphatic imine (C=N–C) groups is 1. The molecule has 0 aromatic heterocycles. The third-order valence-corrected chi connectivity index (χ3v) is 5.31. The molecule has 3 saturated heterocycles. The third kappa shape index (κ3) is 1.45. The van der Waals surface area contributed by atoms with Crippen LogP contribution in [0.2, 0.25) is 0 Å². The van der Waals surface area contributed by atoms with Crippen LogP contribution < -0.4 is 11.1 Å². The smallest absolute Gasteiger partial charge is 0.311 e. The van der Waals surface area contributed by atoms with Crippen LogP contribution in [0.5, 0.6) is 0 Å². The minimum atomic E-state index is -2.64. The van der Waals surface area contributed by atoms with E-state index in [1.807, 2.05) is 0 Å². The molecule has 1 saturated carbocycles. The van der Waals surface area contributed by atoms with Gasteiger partial charge in [0.05, 0.1) is 5.92 Å². The highest BCUT2D eigenvalue weighted by Gasteiger charge is 2.84. The van der Waals surface area contributed by atoms with Crippen molar-refractivity contribution in [1.29, 1.82) is 0 Å². The number of guanidine groups is 1. The van der Waals surface area contributed by atoms with Crippen molar-refractivity contribution in [3.8, 4) is 0 Å². The van der Waals surface area contributed by atoms with E-state index in [0.29, 0.717) is 0 Å². The molecule has 1 spiro atoms. The van der Waals surface area contributed by atoms with Gasteiger partial charge in [-0.3, -0.25) is 0 Å². The third-order valence-electron chi connectivity index (χ3n) is 5.31. The molecule has 0 radical (unpaired) electrons. The Morgan fingerprint density at radius 1 is 1.13 bits per heavy atom. The first-order valence-electron chi connectivity index (χ1n) is 6.91. The average molecular weight is 335 g/mol. The van der Waals surface area contributed by atoms with Crippen LogP contribution in [-0.2, 0) is 9.47 Å². The highest BCUT2D eigenvalue weighted by molar-refractivity contribution is 5.80. The van der Waals surface area contributed by atoms with Gasteiger partial charge in [0, 0.05) is 0 Å². The predicted molar refractivity (Wildman–Crippen MR) is 66.9 cm³/mol. The van der Waals surface area contributed by atoms with Gasteiger partial charge in [-0.15, -0.1) is 0 Å². The van der Waals surface area contributed by atoms with Crippen molar-refractivity contribution in [2.75, 3.05) is 0 Å². The van der Waals surface area contributed by atoms with Gasteiger partial charge in [-0.05, 0) is 0 Å². The molecule has 4 aliphatic heterocycles. The maximum Gasteiger partial charge on any atom is 0.311 e. The molecule has 8 unspecified atom stereocenters. The maximum atomic E-state index is 10.6. The molecule has 12 heteroatoms. The summed E-state index contributed by atoms with van der Waals surface area (Å²) in [6, 6.07) is 0. The van der Waals surface area contributed by atoms with Gasteiger partial charge in [0.15, 0.2) is 30.2 Å². The van der Waals surface area contributed by atoms with Gasteiger partial charge in [-0.2, -0.15) is 0 Å². The molecular formula is C11H17N3O9. The van der Waals surface area contributed by atoms with E-state index in [1.54, 1.807) is 0 Å². The van der Waals surface area contributed by atoms with Crippen LogP contribution in [0.3, 0.4) is 0 Å². The molecule has 0 aromatic carbocycles. The highest BCUT2D eigenvalue weighted by Crippen LogP contribution is 2.59. The fourth-order valence-electron chi connectivity index (χ4n) is 4.29. The van der Waals surface area contributed by atoms with E-state index in [4.69, 9.17) is 15.2 Å². The molecule has 130 valence electrons. The van der Waals surface area contributed by atoms with Crippen LogP contribution in [0.25, 0.3) is 0 Å². The number of hydrogen-bond acceptors (Lipinski definition) is 12. The van der Waals surface area contributed by atoms with Crippen molar-refractivity contribution in [3.05, 3.63) is 0 Å². The zero-order valence-corrected chi connectivity index (χ0v) is 11.5. The SMILES string of the molecule is NC1=NC(O)C2C3OC4(O)OC(C(O)C2(N1)[C@@H]4O)C3(O)C(O)O. The van der Waals surface area contributed by atoms with Crippen LogP contribution in [0.1, 0.15) is 0 Å². The van der Waals surface area contributed by atoms with E-state index in [1.165, 1.54) is 0 Å². The van der Waals surface area contributed by atoms with Crippen LogP contribution in [0.4, 0.5) is 0 Å². The topological polar surface area (TPSA) is 210 Å². The molecule has 9 atom stereocenters. The molecule has 5 aliphatic rings. The molecule has 5 rings (SSSR count). The lowest BCUT2D eigenvalue weighted by molar-refractivity contribution is -0.557. The maximum absolute atomic E-state index is 10.6. The Hall–Kier alpha value is -1.09. The summed E-state index contributed by atoms with van der Waals surface area (Å²) in [6.45, 7) is 0.